The molecule has 9 heteroatoms. The van der Waals surface area contributed by atoms with E-state index >= 15 is 0 Å². The van der Waals surface area contributed by atoms with Gasteiger partial charge in [-0.25, -0.2) is 0 Å². The lowest BCUT2D eigenvalue weighted by molar-refractivity contribution is 0.0997. The predicted octanol–water partition coefficient (Wildman–Crippen LogP) is 3.66. The summed E-state index contributed by atoms with van der Waals surface area (Å²) < 4.78 is 6.23. The Morgan fingerprint density at radius 1 is 1.39 bits per heavy atom. The molecule has 2 aromatic heterocycles. The maximum atomic E-state index is 12.2. The Morgan fingerprint density at radius 3 is 3.00 bits per heavy atom. The summed E-state index contributed by atoms with van der Waals surface area (Å²) in [5.41, 5.74) is -0.0371. The van der Waals surface area contributed by atoms with Crippen molar-refractivity contribution in [1.29, 1.82) is 0 Å². The molecule has 23 heavy (non-hydrogen) atoms. The molecule has 0 saturated carbocycles. The Hall–Kier alpha value is -1.90. The van der Waals surface area contributed by atoms with E-state index in [9.17, 15) is 9.59 Å². The number of rotatable bonds is 4. The van der Waals surface area contributed by atoms with Crippen molar-refractivity contribution in [3.63, 3.8) is 0 Å². The van der Waals surface area contributed by atoms with Crippen LogP contribution in [-0.4, -0.2) is 21.9 Å². The van der Waals surface area contributed by atoms with E-state index in [0.717, 1.165) is 16.2 Å². The number of anilines is 1. The molecule has 0 aliphatic rings. The number of amides is 1. The van der Waals surface area contributed by atoms with Crippen LogP contribution in [0.2, 0.25) is 5.02 Å². The average molecular weight is 368 g/mol. The van der Waals surface area contributed by atoms with Crippen LogP contribution in [-0.2, 0) is 0 Å². The van der Waals surface area contributed by atoms with Crippen LogP contribution in [0.4, 0.5) is 5.13 Å². The molecule has 1 aromatic carbocycles. The monoisotopic (exact) mass is 367 g/mol. The second-order valence-electron chi connectivity index (χ2n) is 4.38. The smallest absolute Gasteiger partial charge is 0.293 e. The highest BCUT2D eigenvalue weighted by Gasteiger charge is 2.15. The van der Waals surface area contributed by atoms with Gasteiger partial charge in [-0.1, -0.05) is 41.6 Å². The molecule has 0 saturated heterocycles. The molecular formula is C14H10ClN3O3S2. The van der Waals surface area contributed by atoms with E-state index in [4.69, 9.17) is 16.0 Å². The van der Waals surface area contributed by atoms with Crippen LogP contribution in [0.1, 0.15) is 17.5 Å². The zero-order valence-corrected chi connectivity index (χ0v) is 14.2. The number of benzene rings is 1. The second-order valence-corrected chi connectivity index (χ2v) is 7.30. The van der Waals surface area contributed by atoms with Crippen molar-refractivity contribution in [2.75, 3.05) is 11.1 Å². The highest BCUT2D eigenvalue weighted by atomic mass is 35.5. The van der Waals surface area contributed by atoms with Gasteiger partial charge < -0.3 is 4.42 Å². The number of aromatic nitrogens is 2. The van der Waals surface area contributed by atoms with Gasteiger partial charge in [-0.05, 0) is 24.0 Å². The minimum Gasteiger partial charge on any atom is -0.451 e. The van der Waals surface area contributed by atoms with E-state index in [1.165, 1.54) is 29.2 Å². The summed E-state index contributed by atoms with van der Waals surface area (Å²) in [7, 11) is 0. The maximum absolute atomic E-state index is 12.2. The third-order valence-corrected chi connectivity index (χ3v) is 4.90. The number of nitrogens with zero attached hydrogens (tertiary/aromatic N) is 2. The van der Waals surface area contributed by atoms with E-state index in [0.29, 0.717) is 21.1 Å². The van der Waals surface area contributed by atoms with Crippen molar-refractivity contribution in [2.45, 2.75) is 11.3 Å². The van der Waals surface area contributed by atoms with Gasteiger partial charge in [-0.15, -0.1) is 10.2 Å². The van der Waals surface area contributed by atoms with Crippen molar-refractivity contribution < 1.29 is 9.21 Å². The Labute approximate surface area is 143 Å². The van der Waals surface area contributed by atoms with Gasteiger partial charge in [0.05, 0.1) is 5.39 Å². The molecule has 0 radical (unpaired) electrons. The Morgan fingerprint density at radius 2 is 2.22 bits per heavy atom. The fourth-order valence-corrected chi connectivity index (χ4v) is 3.66. The summed E-state index contributed by atoms with van der Waals surface area (Å²) in [6, 6.07) is 5.78. The summed E-state index contributed by atoms with van der Waals surface area (Å²) in [6.45, 7) is 2.00. The molecule has 1 N–H and O–H groups in total. The molecule has 0 aliphatic carbocycles. The molecule has 2 heterocycles. The quantitative estimate of drug-likeness (QED) is 0.559. The SMILES string of the molecule is CCSc1nnc(NC(=O)c2cc(=O)c3cc(Cl)ccc3o2)s1. The first kappa shape index (κ1) is 16.0. The lowest BCUT2D eigenvalue weighted by Gasteiger charge is -2.02. The van der Waals surface area contributed by atoms with Crippen LogP contribution in [0.5, 0.6) is 0 Å². The van der Waals surface area contributed by atoms with E-state index in [2.05, 4.69) is 15.5 Å². The lowest BCUT2D eigenvalue weighted by Crippen LogP contribution is -2.14. The highest BCUT2D eigenvalue weighted by Crippen LogP contribution is 2.25. The largest absolute Gasteiger partial charge is 0.451 e. The number of halogens is 1. The van der Waals surface area contributed by atoms with Gasteiger partial charge in [0, 0.05) is 11.1 Å². The van der Waals surface area contributed by atoms with E-state index in [1.54, 1.807) is 12.1 Å². The van der Waals surface area contributed by atoms with Crippen LogP contribution >= 0.6 is 34.7 Å². The fraction of sp³-hybridized carbons (Fsp3) is 0.143. The predicted molar refractivity (Wildman–Crippen MR) is 91.8 cm³/mol. The first-order valence-corrected chi connectivity index (χ1v) is 8.76. The van der Waals surface area contributed by atoms with Crippen molar-refractivity contribution in [3.05, 3.63) is 45.3 Å². The van der Waals surface area contributed by atoms with Crippen LogP contribution in [0.3, 0.4) is 0 Å². The van der Waals surface area contributed by atoms with Crippen LogP contribution in [0.25, 0.3) is 11.0 Å². The summed E-state index contributed by atoms with van der Waals surface area (Å²) in [5, 5.41) is 11.5. The Bertz CT molecular complexity index is 938. The van der Waals surface area contributed by atoms with Gasteiger partial charge in [0.25, 0.3) is 5.91 Å². The third kappa shape index (κ3) is 3.54. The summed E-state index contributed by atoms with van der Waals surface area (Å²) in [6.07, 6.45) is 0. The molecule has 0 spiro atoms. The van der Waals surface area contributed by atoms with Crippen molar-refractivity contribution >= 4 is 56.7 Å². The topological polar surface area (TPSA) is 85.1 Å². The average Bonchev–Trinajstić information content (AvgIpc) is 2.95. The number of carbonyl (C=O) groups is 1. The van der Waals surface area contributed by atoms with Crippen LogP contribution < -0.4 is 10.7 Å². The van der Waals surface area contributed by atoms with E-state index in [1.807, 2.05) is 6.92 Å². The number of fused-ring (bicyclic) bond motifs is 1. The normalized spacial score (nSPS) is 10.9. The molecule has 3 rings (SSSR count). The van der Waals surface area contributed by atoms with Crippen molar-refractivity contribution in [1.82, 2.24) is 10.2 Å². The Kier molecular flexibility index (Phi) is 4.65. The number of thioether (sulfide) groups is 1. The number of hydrogen-bond acceptors (Lipinski definition) is 7. The number of hydrogen-bond donors (Lipinski definition) is 1. The van der Waals surface area contributed by atoms with Gasteiger partial charge in [0.1, 0.15) is 5.58 Å². The van der Waals surface area contributed by atoms with E-state index < -0.39 is 5.91 Å². The molecule has 0 fully saturated rings. The minimum atomic E-state index is -0.553. The van der Waals surface area contributed by atoms with Gasteiger partial charge in [-0.2, -0.15) is 0 Å². The standard InChI is InChI=1S/C14H10ClN3O3S2/c1-2-22-14-18-17-13(23-14)16-12(20)11-6-9(19)8-5-7(15)3-4-10(8)21-11/h3-6H,2H2,1H3,(H,16,17,20). The Balaban J connectivity index is 1.88. The highest BCUT2D eigenvalue weighted by molar-refractivity contribution is 8.01. The molecule has 0 atom stereocenters. The van der Waals surface area contributed by atoms with Crippen LogP contribution in [0.15, 0.2) is 37.8 Å². The first-order chi connectivity index (χ1) is 11.1. The molecule has 118 valence electrons. The zero-order valence-electron chi connectivity index (χ0n) is 11.8. The maximum Gasteiger partial charge on any atom is 0.293 e. The first-order valence-electron chi connectivity index (χ1n) is 6.58. The van der Waals surface area contributed by atoms with E-state index in [-0.39, 0.29) is 11.2 Å². The molecular weight excluding hydrogens is 358 g/mol. The molecule has 1 amide bonds. The van der Waals surface area contributed by atoms with Gasteiger partial charge >= 0.3 is 0 Å². The summed E-state index contributed by atoms with van der Waals surface area (Å²) >= 11 is 8.65. The minimum absolute atomic E-state index is 0.0929. The van der Waals surface area contributed by atoms with Crippen molar-refractivity contribution in [2.24, 2.45) is 0 Å². The van der Waals surface area contributed by atoms with Gasteiger partial charge in [0.15, 0.2) is 15.5 Å². The van der Waals surface area contributed by atoms with Crippen LogP contribution in [0, 0.1) is 0 Å². The second kappa shape index (κ2) is 6.69. The third-order valence-electron chi connectivity index (χ3n) is 2.81. The number of carbonyl (C=O) groups excluding carboxylic acids is 1. The number of nitrogens with one attached hydrogen (secondary N) is 1. The molecule has 6 nitrogen and oxygen atoms in total. The van der Waals surface area contributed by atoms with Gasteiger partial charge in [-0.3, -0.25) is 14.9 Å². The van der Waals surface area contributed by atoms with Crippen molar-refractivity contribution in [3.8, 4) is 0 Å². The lowest BCUT2D eigenvalue weighted by atomic mass is 10.2. The molecule has 0 aliphatic heterocycles. The fourth-order valence-electron chi connectivity index (χ4n) is 1.84. The zero-order chi connectivity index (χ0) is 16.4. The summed E-state index contributed by atoms with van der Waals surface area (Å²) in [5.74, 6) is 0.220. The van der Waals surface area contributed by atoms with Gasteiger partial charge in [0.2, 0.25) is 5.13 Å². The molecule has 0 unspecified atom stereocenters. The summed E-state index contributed by atoms with van der Waals surface area (Å²) in [4.78, 5) is 24.3. The molecule has 0 bridgehead atoms. The molecule has 3 aromatic rings.